The first-order chi connectivity index (χ1) is 36.3. The molecule has 2 aliphatic rings. The summed E-state index contributed by atoms with van der Waals surface area (Å²) in [7, 11) is 0. The molecule has 0 saturated heterocycles. The van der Waals surface area contributed by atoms with Gasteiger partial charge in [-0.1, -0.05) is 54.6 Å². The molecule has 0 spiro atoms. The molecule has 2 heterocycles. The van der Waals surface area contributed by atoms with Crippen LogP contribution in [0.1, 0.15) is 73.2 Å². The maximum atomic E-state index is 14.1. The topological polar surface area (TPSA) is 347 Å². The lowest BCUT2D eigenvalue weighted by Gasteiger charge is -2.30. The van der Waals surface area contributed by atoms with Gasteiger partial charge in [0.15, 0.2) is 0 Å². The van der Waals surface area contributed by atoms with Gasteiger partial charge in [0.25, 0.3) is 35.0 Å². The third-order valence-electron chi connectivity index (χ3n) is 12.6. The molecule has 2 aliphatic heterocycles. The van der Waals surface area contributed by atoms with E-state index < -0.39 is 101 Å². The molecule has 5 aromatic carbocycles. The van der Waals surface area contributed by atoms with Crippen LogP contribution in [0.5, 0.6) is 0 Å². The summed E-state index contributed by atoms with van der Waals surface area (Å²) < 4.78 is 0. The molecule has 0 aliphatic carbocycles. The quantitative estimate of drug-likeness (QED) is 0.0210. The van der Waals surface area contributed by atoms with E-state index >= 15 is 0 Å². The molecule has 7 rings (SSSR count). The highest BCUT2D eigenvalue weighted by atomic mass is 16.6. The van der Waals surface area contributed by atoms with E-state index in [1.807, 2.05) is 0 Å². The van der Waals surface area contributed by atoms with Crippen molar-refractivity contribution in [2.45, 2.75) is 44.7 Å². The SMILES string of the molecule is CC(NC(=O)CNC(=O)CCC(=O)O)C(=O)N[C@@H](Cc1ccccc1)C(=O)NCC(=O)N(CCCNCCN1C(=O)c2cccc3cc([N+](=O)[O-])cc(c23)C1=O)CCN1C(=O)c2cccc3cc([N+](=O)[O-])cc(c23)C1=O. The fourth-order valence-electron chi connectivity index (χ4n) is 8.79. The van der Waals surface area contributed by atoms with Crippen LogP contribution in [-0.2, 0) is 35.2 Å². The monoisotopic (exact) mass is 1040 g/mol. The molecular weight excluding hydrogens is 993 g/mol. The van der Waals surface area contributed by atoms with Crippen molar-refractivity contribution in [1.29, 1.82) is 0 Å². The Hall–Kier alpha value is -9.52. The first-order valence-corrected chi connectivity index (χ1v) is 23.9. The number of nitro benzene ring substituents is 2. The lowest BCUT2D eigenvalue weighted by Crippen LogP contribution is -2.55. The Morgan fingerprint density at radius 2 is 1.18 bits per heavy atom. The summed E-state index contributed by atoms with van der Waals surface area (Å²) in [6.45, 7) is -0.462. The van der Waals surface area contributed by atoms with Crippen LogP contribution in [-0.4, -0.2) is 153 Å². The average molecular weight is 1040 g/mol. The van der Waals surface area contributed by atoms with Gasteiger partial charge in [-0.2, -0.15) is 0 Å². The number of imide groups is 2. The fourth-order valence-corrected chi connectivity index (χ4v) is 8.79. The Labute approximate surface area is 431 Å². The first kappa shape index (κ1) is 54.3. The molecule has 0 saturated carbocycles. The smallest absolute Gasteiger partial charge is 0.303 e. The highest BCUT2D eigenvalue weighted by molar-refractivity contribution is 6.27. The van der Waals surface area contributed by atoms with E-state index in [1.165, 1.54) is 48.2 Å². The maximum Gasteiger partial charge on any atom is 0.303 e. The van der Waals surface area contributed by atoms with Gasteiger partial charge in [-0.05, 0) is 48.4 Å². The van der Waals surface area contributed by atoms with Gasteiger partial charge in [0.2, 0.25) is 29.5 Å². The minimum absolute atomic E-state index is 0.00803. The van der Waals surface area contributed by atoms with Crippen molar-refractivity contribution >= 4 is 92.1 Å². The molecule has 6 N–H and O–H groups in total. The van der Waals surface area contributed by atoms with E-state index in [0.29, 0.717) is 21.7 Å². The minimum atomic E-state index is -1.30. The van der Waals surface area contributed by atoms with Crippen LogP contribution in [0.3, 0.4) is 0 Å². The zero-order chi connectivity index (χ0) is 54.8. The van der Waals surface area contributed by atoms with Crippen LogP contribution in [0.15, 0.2) is 91.0 Å². The van der Waals surface area contributed by atoms with E-state index in [-0.39, 0.29) is 97.5 Å². The molecule has 76 heavy (non-hydrogen) atoms. The van der Waals surface area contributed by atoms with Crippen LogP contribution in [0.25, 0.3) is 21.5 Å². The van der Waals surface area contributed by atoms with Crippen molar-refractivity contribution < 1.29 is 62.9 Å². The number of amides is 9. The minimum Gasteiger partial charge on any atom is -0.481 e. The maximum absolute atomic E-state index is 14.1. The van der Waals surface area contributed by atoms with Crippen molar-refractivity contribution in [1.82, 2.24) is 41.3 Å². The molecule has 1 unspecified atom stereocenters. The van der Waals surface area contributed by atoms with E-state index in [2.05, 4.69) is 26.6 Å². The summed E-state index contributed by atoms with van der Waals surface area (Å²) in [4.78, 5) is 157. The Morgan fingerprint density at radius 3 is 1.75 bits per heavy atom. The van der Waals surface area contributed by atoms with Gasteiger partial charge in [0.05, 0.1) is 40.5 Å². The molecular formula is C51H50N10O15. The number of carbonyl (C=O) groups is 10. The number of benzene rings is 5. The van der Waals surface area contributed by atoms with Gasteiger partial charge in [-0.25, -0.2) is 0 Å². The lowest BCUT2D eigenvalue weighted by atomic mass is 9.93. The number of aliphatic carboxylic acids is 1. The number of nitro groups is 2. The molecule has 394 valence electrons. The summed E-state index contributed by atoms with van der Waals surface area (Å²) in [5.74, 6) is -7.83. The Balaban J connectivity index is 1.02. The summed E-state index contributed by atoms with van der Waals surface area (Å²) in [5, 5.41) is 46.3. The van der Waals surface area contributed by atoms with Crippen LogP contribution in [0, 0.1) is 20.2 Å². The van der Waals surface area contributed by atoms with Crippen molar-refractivity contribution in [3.8, 4) is 0 Å². The van der Waals surface area contributed by atoms with Crippen LogP contribution >= 0.6 is 0 Å². The number of carboxylic acid groups (broad SMARTS) is 1. The summed E-state index contributed by atoms with van der Waals surface area (Å²) in [6, 6.07) is 20.0. The first-order valence-electron chi connectivity index (χ1n) is 23.9. The van der Waals surface area contributed by atoms with E-state index in [1.54, 1.807) is 42.5 Å². The van der Waals surface area contributed by atoms with E-state index in [9.17, 15) is 68.2 Å². The number of rotatable bonds is 25. The molecule has 0 bridgehead atoms. The number of hydrogen-bond acceptors (Lipinski definition) is 15. The number of hydrogen-bond donors (Lipinski definition) is 6. The molecule has 25 heteroatoms. The predicted octanol–water partition coefficient (Wildman–Crippen LogP) is 1.84. The Bertz CT molecular complexity index is 3220. The van der Waals surface area contributed by atoms with Crippen LogP contribution in [0.2, 0.25) is 0 Å². The second kappa shape index (κ2) is 24.0. The van der Waals surface area contributed by atoms with Crippen molar-refractivity contribution in [3.05, 3.63) is 139 Å². The third kappa shape index (κ3) is 12.6. The zero-order valence-corrected chi connectivity index (χ0v) is 40.7. The van der Waals surface area contributed by atoms with Gasteiger partial charge in [-0.15, -0.1) is 0 Å². The van der Waals surface area contributed by atoms with Gasteiger partial charge in [0, 0.05) is 91.7 Å². The summed E-state index contributed by atoms with van der Waals surface area (Å²) in [5.41, 5.74) is 0.164. The van der Waals surface area contributed by atoms with E-state index in [4.69, 9.17) is 5.11 Å². The molecule has 0 fully saturated rings. The van der Waals surface area contributed by atoms with Crippen molar-refractivity contribution in [2.24, 2.45) is 0 Å². The number of nitrogens with one attached hydrogen (secondary N) is 5. The lowest BCUT2D eigenvalue weighted by molar-refractivity contribution is -0.384. The molecule has 5 aromatic rings. The highest BCUT2D eigenvalue weighted by Gasteiger charge is 2.36. The summed E-state index contributed by atoms with van der Waals surface area (Å²) in [6.07, 6.45) is -0.684. The van der Waals surface area contributed by atoms with Gasteiger partial charge < -0.3 is 36.6 Å². The second-order valence-corrected chi connectivity index (χ2v) is 17.7. The van der Waals surface area contributed by atoms with Crippen molar-refractivity contribution in [2.75, 3.05) is 52.4 Å². The summed E-state index contributed by atoms with van der Waals surface area (Å²) >= 11 is 0. The average Bonchev–Trinajstić information content (AvgIpc) is 3.40. The molecule has 9 amide bonds. The highest BCUT2D eigenvalue weighted by Crippen LogP contribution is 2.35. The third-order valence-corrected chi connectivity index (χ3v) is 12.6. The number of non-ortho nitro benzene ring substituents is 2. The number of nitrogens with zero attached hydrogens (tertiary/aromatic N) is 5. The number of carboxylic acids is 1. The normalized spacial score (nSPS) is 13.5. The van der Waals surface area contributed by atoms with Gasteiger partial charge in [-0.3, -0.25) is 78.0 Å². The van der Waals surface area contributed by atoms with Gasteiger partial charge >= 0.3 is 5.97 Å². The van der Waals surface area contributed by atoms with Crippen molar-refractivity contribution in [3.63, 3.8) is 0 Å². The zero-order valence-electron chi connectivity index (χ0n) is 40.7. The Morgan fingerprint density at radius 1 is 0.618 bits per heavy atom. The largest absolute Gasteiger partial charge is 0.481 e. The molecule has 2 atom stereocenters. The van der Waals surface area contributed by atoms with Crippen LogP contribution in [0.4, 0.5) is 11.4 Å². The molecule has 0 aromatic heterocycles. The van der Waals surface area contributed by atoms with Crippen LogP contribution < -0.4 is 26.6 Å². The standard InChI is InChI=1S/C51H50N10O15/c1-29(55-41(63)27-53-40(62)14-15-43(65)66)46(67)56-39(22-30-8-3-2-4-9-30)47(68)54-28-42(64)57(20-21-59-49(70)36-13-6-11-32-24-34(61(75)76)26-38(45(32)36)51(59)72)18-7-16-52-17-19-58-48(69)35-12-5-10-31-23-33(60(73)74)25-37(44(31)35)50(58)71/h2-6,8-13,23-26,29,39,52H,7,14-22,27-28H2,1H3,(H,53,62)(H,54,68)(H,55,63)(H,56,67)(H,65,66)/t29?,39-/m0/s1. The second-order valence-electron chi connectivity index (χ2n) is 17.7. The van der Waals surface area contributed by atoms with Gasteiger partial charge in [0.1, 0.15) is 12.1 Å². The number of carbonyl (C=O) groups excluding carboxylic acids is 9. The molecule has 0 radical (unpaired) electrons. The fraction of sp³-hybridized carbons (Fsp3) is 0.294. The molecule has 25 nitrogen and oxygen atoms in total. The Kier molecular flexibility index (Phi) is 17.1. The van der Waals surface area contributed by atoms with E-state index in [0.717, 1.165) is 21.9 Å². The predicted molar refractivity (Wildman–Crippen MR) is 269 cm³/mol.